The van der Waals surface area contributed by atoms with Crippen molar-refractivity contribution in [1.82, 2.24) is 10.3 Å². The molecule has 0 spiro atoms. The molecule has 1 N–H and O–H groups in total. The van der Waals surface area contributed by atoms with Gasteiger partial charge >= 0.3 is 0 Å². The number of hydrogen-bond donors (Lipinski definition) is 1. The van der Waals surface area contributed by atoms with Crippen LogP contribution in [0.25, 0.3) is 5.57 Å². The molecule has 1 aliphatic heterocycles. The number of pyridine rings is 1. The van der Waals surface area contributed by atoms with E-state index in [1.165, 1.54) is 11.1 Å². The lowest BCUT2D eigenvalue weighted by molar-refractivity contribution is 0.409. The van der Waals surface area contributed by atoms with Gasteiger partial charge in [-0.1, -0.05) is 6.08 Å². The van der Waals surface area contributed by atoms with Crippen LogP contribution in [-0.2, 0) is 0 Å². The molecule has 2 aliphatic rings. The normalized spacial score (nSPS) is 27.0. The first kappa shape index (κ1) is 10.3. The van der Waals surface area contributed by atoms with Crippen molar-refractivity contribution >= 4 is 21.5 Å². The van der Waals surface area contributed by atoms with Crippen LogP contribution in [-0.4, -0.2) is 25.2 Å². The zero-order valence-corrected chi connectivity index (χ0v) is 10.6. The average molecular weight is 281 g/mol. The summed E-state index contributed by atoms with van der Waals surface area (Å²) in [6, 6.07) is 2.05. The zero-order chi connectivity index (χ0) is 11.1. The van der Waals surface area contributed by atoms with Crippen molar-refractivity contribution in [3.63, 3.8) is 0 Å². The lowest BCUT2D eigenvalue weighted by Crippen LogP contribution is -2.22. The Bertz CT molecular complexity index is 458. The van der Waals surface area contributed by atoms with Crippen molar-refractivity contribution in [3.05, 3.63) is 28.5 Å². The molecule has 0 amide bonds. The molecule has 16 heavy (non-hydrogen) atoms. The second kappa shape index (κ2) is 3.86. The van der Waals surface area contributed by atoms with Gasteiger partial charge in [0.15, 0.2) is 5.75 Å². The second-order valence-electron chi connectivity index (χ2n) is 4.27. The Kier molecular flexibility index (Phi) is 2.48. The van der Waals surface area contributed by atoms with Crippen molar-refractivity contribution in [3.8, 4) is 5.75 Å². The van der Waals surface area contributed by atoms with E-state index in [4.69, 9.17) is 4.74 Å². The first-order valence-electron chi connectivity index (χ1n) is 5.42. The highest BCUT2D eigenvalue weighted by Crippen LogP contribution is 2.43. The van der Waals surface area contributed by atoms with Crippen molar-refractivity contribution in [2.24, 2.45) is 11.8 Å². The molecule has 1 aromatic rings. The highest BCUT2D eigenvalue weighted by molar-refractivity contribution is 9.10. The number of aromatic nitrogens is 1. The summed E-state index contributed by atoms with van der Waals surface area (Å²) in [4.78, 5) is 4.30. The van der Waals surface area contributed by atoms with E-state index in [0.717, 1.165) is 29.4 Å². The van der Waals surface area contributed by atoms with Gasteiger partial charge in [0.25, 0.3) is 0 Å². The molecule has 0 aromatic carbocycles. The van der Waals surface area contributed by atoms with Crippen LogP contribution >= 0.6 is 15.9 Å². The monoisotopic (exact) mass is 280 g/mol. The van der Waals surface area contributed by atoms with Gasteiger partial charge in [0, 0.05) is 25.2 Å². The summed E-state index contributed by atoms with van der Waals surface area (Å²) in [5, 5.41) is 3.41. The van der Waals surface area contributed by atoms with E-state index in [0.29, 0.717) is 5.92 Å². The third-order valence-corrected chi connectivity index (χ3v) is 4.01. The lowest BCUT2D eigenvalue weighted by Gasteiger charge is -2.29. The maximum absolute atomic E-state index is 5.26. The Morgan fingerprint density at radius 2 is 2.38 bits per heavy atom. The fourth-order valence-corrected chi connectivity index (χ4v) is 2.87. The molecule has 1 fully saturated rings. The second-order valence-corrected chi connectivity index (χ2v) is 5.02. The van der Waals surface area contributed by atoms with Crippen LogP contribution in [0.15, 0.2) is 22.9 Å². The van der Waals surface area contributed by atoms with E-state index >= 15 is 0 Å². The van der Waals surface area contributed by atoms with Gasteiger partial charge in [0.2, 0.25) is 0 Å². The number of nitrogens with zero attached hydrogens (tertiary/aromatic N) is 1. The predicted molar refractivity (Wildman–Crippen MR) is 66.3 cm³/mol. The van der Waals surface area contributed by atoms with E-state index < -0.39 is 0 Å². The van der Waals surface area contributed by atoms with Gasteiger partial charge in [0.05, 0.1) is 7.11 Å². The summed E-state index contributed by atoms with van der Waals surface area (Å²) in [6.45, 7) is 2.21. The largest absolute Gasteiger partial charge is 0.494 e. The van der Waals surface area contributed by atoms with Crippen molar-refractivity contribution < 1.29 is 4.74 Å². The smallest absolute Gasteiger partial charge is 0.152 e. The molecular formula is C12H13BrN2O. The third-order valence-electron chi connectivity index (χ3n) is 3.41. The lowest BCUT2D eigenvalue weighted by atomic mass is 9.74. The molecular weight excluding hydrogens is 268 g/mol. The fourth-order valence-electron chi connectivity index (χ4n) is 2.49. The Hall–Kier alpha value is -0.870. The highest BCUT2D eigenvalue weighted by atomic mass is 79.9. The Morgan fingerprint density at radius 1 is 1.50 bits per heavy atom. The van der Waals surface area contributed by atoms with Gasteiger partial charge < -0.3 is 10.1 Å². The minimum absolute atomic E-state index is 0.674. The van der Waals surface area contributed by atoms with E-state index in [1.54, 1.807) is 7.11 Å². The molecule has 2 atom stereocenters. The first-order valence-corrected chi connectivity index (χ1v) is 6.21. The van der Waals surface area contributed by atoms with Crippen LogP contribution in [0.4, 0.5) is 0 Å². The molecule has 4 heteroatoms. The van der Waals surface area contributed by atoms with Crippen LogP contribution in [0, 0.1) is 11.8 Å². The molecule has 2 unspecified atom stereocenters. The summed E-state index contributed by atoms with van der Waals surface area (Å²) < 4.78 is 6.03. The molecule has 3 nitrogen and oxygen atoms in total. The summed E-state index contributed by atoms with van der Waals surface area (Å²) in [7, 11) is 1.67. The molecule has 84 valence electrons. The number of nitrogens with one attached hydrogen (secondary N) is 1. The predicted octanol–water partition coefficient (Wildman–Crippen LogP) is 2.09. The molecule has 0 bridgehead atoms. The van der Waals surface area contributed by atoms with Gasteiger partial charge in [-0.25, -0.2) is 4.98 Å². The van der Waals surface area contributed by atoms with E-state index in [-0.39, 0.29) is 0 Å². The van der Waals surface area contributed by atoms with Gasteiger partial charge in [-0.15, -0.1) is 0 Å². The van der Waals surface area contributed by atoms with Crippen molar-refractivity contribution in [2.75, 3.05) is 20.2 Å². The Balaban J connectivity index is 1.93. The Morgan fingerprint density at radius 3 is 3.12 bits per heavy atom. The number of ether oxygens (including phenoxy) is 1. The quantitative estimate of drug-likeness (QED) is 0.843. The maximum Gasteiger partial charge on any atom is 0.152 e. The summed E-state index contributed by atoms with van der Waals surface area (Å²) in [6.07, 6.45) is 4.25. The van der Waals surface area contributed by atoms with Gasteiger partial charge in [0.1, 0.15) is 4.60 Å². The molecule has 2 heterocycles. The summed E-state index contributed by atoms with van der Waals surface area (Å²) in [5.41, 5.74) is 2.60. The minimum Gasteiger partial charge on any atom is -0.494 e. The van der Waals surface area contributed by atoms with E-state index in [1.807, 2.05) is 6.20 Å². The number of methoxy groups -OCH3 is 1. The van der Waals surface area contributed by atoms with Crippen LogP contribution in [0.3, 0.4) is 0 Å². The van der Waals surface area contributed by atoms with Gasteiger partial charge in [-0.2, -0.15) is 0 Å². The van der Waals surface area contributed by atoms with Crippen LogP contribution in [0.5, 0.6) is 5.75 Å². The molecule has 3 rings (SSSR count). The number of hydrogen-bond acceptors (Lipinski definition) is 3. The average Bonchev–Trinajstić information content (AvgIpc) is 2.63. The standard InChI is InChI=1S/C12H13BrN2O/c1-16-11-3-8(5-15-12(11)13)9-2-7-4-14-6-10(7)9/h2-3,5,7,10,14H,4,6H2,1H3. The first-order chi connectivity index (χ1) is 7.79. The molecule has 1 aromatic heterocycles. The maximum atomic E-state index is 5.26. The number of rotatable bonds is 2. The molecule has 0 radical (unpaired) electrons. The highest BCUT2D eigenvalue weighted by Gasteiger charge is 2.36. The third kappa shape index (κ3) is 1.48. The van der Waals surface area contributed by atoms with E-state index in [2.05, 4.69) is 38.4 Å². The topological polar surface area (TPSA) is 34.1 Å². The summed E-state index contributed by atoms with van der Waals surface area (Å²) in [5.74, 6) is 2.20. The summed E-state index contributed by atoms with van der Waals surface area (Å²) >= 11 is 3.37. The molecule has 0 saturated carbocycles. The molecule has 1 saturated heterocycles. The van der Waals surface area contributed by atoms with Crippen LogP contribution in [0.1, 0.15) is 5.56 Å². The zero-order valence-electron chi connectivity index (χ0n) is 9.03. The van der Waals surface area contributed by atoms with E-state index in [9.17, 15) is 0 Å². The van der Waals surface area contributed by atoms with Gasteiger partial charge in [-0.05, 0) is 39.1 Å². The SMILES string of the molecule is COc1cc(C2=CC3CNCC23)cnc1Br. The Labute approximate surface area is 103 Å². The van der Waals surface area contributed by atoms with Crippen molar-refractivity contribution in [2.45, 2.75) is 0 Å². The number of fused-ring (bicyclic) bond motifs is 1. The van der Waals surface area contributed by atoms with Gasteiger partial charge in [-0.3, -0.25) is 0 Å². The van der Waals surface area contributed by atoms with Crippen molar-refractivity contribution in [1.29, 1.82) is 0 Å². The number of halogens is 1. The minimum atomic E-state index is 0.674. The molecule has 1 aliphatic carbocycles. The van der Waals surface area contributed by atoms with Crippen LogP contribution in [0.2, 0.25) is 0 Å². The van der Waals surface area contributed by atoms with Crippen LogP contribution < -0.4 is 10.1 Å². The fraction of sp³-hybridized carbons (Fsp3) is 0.417.